The maximum Gasteiger partial charge on any atom is 0.259 e. The zero-order chi connectivity index (χ0) is 17.6. The monoisotopic (exact) mass is 373 g/mol. The van der Waals surface area contributed by atoms with Crippen molar-refractivity contribution in [1.82, 2.24) is 14.9 Å². The predicted molar refractivity (Wildman–Crippen MR) is 106 cm³/mol. The number of aromatic amines is 1. The van der Waals surface area contributed by atoms with E-state index in [4.69, 9.17) is 4.98 Å². The molecule has 0 fully saturated rings. The Labute approximate surface area is 155 Å². The summed E-state index contributed by atoms with van der Waals surface area (Å²) in [4.78, 5) is 26.5. The lowest BCUT2D eigenvalue weighted by Gasteiger charge is -2.23. The fraction of sp³-hybridized carbons (Fsp3) is 0.474. The second kappa shape index (κ2) is 6.67. The maximum absolute atomic E-state index is 12.8. The van der Waals surface area contributed by atoms with E-state index >= 15 is 0 Å². The number of thiophene rings is 2. The summed E-state index contributed by atoms with van der Waals surface area (Å²) >= 11 is 3.47. The summed E-state index contributed by atoms with van der Waals surface area (Å²) in [7, 11) is 2.08. The van der Waals surface area contributed by atoms with Crippen molar-refractivity contribution in [3.8, 4) is 0 Å². The Hall–Kier alpha value is -1.50. The van der Waals surface area contributed by atoms with Gasteiger partial charge in [0, 0.05) is 16.3 Å². The zero-order valence-corrected chi connectivity index (χ0v) is 16.5. The average molecular weight is 374 g/mol. The van der Waals surface area contributed by atoms with Gasteiger partial charge in [-0.2, -0.15) is 0 Å². The van der Waals surface area contributed by atoms with Gasteiger partial charge >= 0.3 is 0 Å². The molecule has 0 radical (unpaired) electrons. The minimum atomic E-state index is 0.0310. The average Bonchev–Trinajstić information content (AvgIpc) is 3.20. The SMILES string of the molecule is C[C@H]1CCc2c(sc3nc([C@H](C)N(C)Cc4cccs4)[nH]c(=O)c23)C1. The molecule has 3 heterocycles. The minimum Gasteiger partial charge on any atom is -0.309 e. The van der Waals surface area contributed by atoms with E-state index in [1.165, 1.54) is 21.7 Å². The molecule has 2 atom stereocenters. The van der Waals surface area contributed by atoms with E-state index < -0.39 is 0 Å². The molecule has 0 amide bonds. The van der Waals surface area contributed by atoms with E-state index in [2.05, 4.69) is 48.3 Å². The number of rotatable bonds is 4. The molecular formula is C19H23N3OS2. The Bertz CT molecular complexity index is 942. The molecule has 3 aromatic rings. The number of hydrogen-bond acceptors (Lipinski definition) is 5. The highest BCUT2D eigenvalue weighted by atomic mass is 32.1. The van der Waals surface area contributed by atoms with E-state index in [0.717, 1.165) is 35.4 Å². The molecule has 4 nitrogen and oxygen atoms in total. The molecule has 4 rings (SSSR count). The van der Waals surface area contributed by atoms with Gasteiger partial charge in [0.05, 0.1) is 11.4 Å². The molecule has 6 heteroatoms. The Morgan fingerprint density at radius 3 is 3.08 bits per heavy atom. The predicted octanol–water partition coefficient (Wildman–Crippen LogP) is 4.36. The largest absolute Gasteiger partial charge is 0.309 e. The zero-order valence-electron chi connectivity index (χ0n) is 14.8. The van der Waals surface area contributed by atoms with Crippen LogP contribution in [0.5, 0.6) is 0 Å². The lowest BCUT2D eigenvalue weighted by Crippen LogP contribution is -2.25. The van der Waals surface area contributed by atoms with Crippen LogP contribution < -0.4 is 5.56 Å². The molecule has 1 aliphatic carbocycles. The van der Waals surface area contributed by atoms with Crippen molar-refractivity contribution in [2.45, 2.75) is 45.7 Å². The second-order valence-corrected chi connectivity index (χ2v) is 9.27. The lowest BCUT2D eigenvalue weighted by atomic mass is 9.89. The van der Waals surface area contributed by atoms with Crippen LogP contribution in [-0.4, -0.2) is 21.9 Å². The first-order valence-corrected chi connectivity index (χ1v) is 10.5. The smallest absolute Gasteiger partial charge is 0.259 e. The highest BCUT2D eigenvalue weighted by molar-refractivity contribution is 7.18. The molecule has 0 spiro atoms. The van der Waals surface area contributed by atoms with Crippen LogP contribution in [0.1, 0.15) is 47.5 Å². The number of nitrogens with one attached hydrogen (secondary N) is 1. The van der Waals surface area contributed by atoms with Crippen LogP contribution in [0.3, 0.4) is 0 Å². The first-order chi connectivity index (χ1) is 12.0. The number of nitrogens with zero attached hydrogens (tertiary/aromatic N) is 2. The third kappa shape index (κ3) is 3.18. The molecule has 0 saturated carbocycles. The first kappa shape index (κ1) is 16.9. The molecule has 1 aliphatic rings. The molecule has 0 aromatic carbocycles. The van der Waals surface area contributed by atoms with Crippen LogP contribution in [0.15, 0.2) is 22.3 Å². The van der Waals surface area contributed by atoms with Crippen molar-refractivity contribution >= 4 is 32.9 Å². The van der Waals surface area contributed by atoms with Crippen LogP contribution in [0.4, 0.5) is 0 Å². The summed E-state index contributed by atoms with van der Waals surface area (Å²) in [6, 6.07) is 4.28. The summed E-state index contributed by atoms with van der Waals surface area (Å²) in [5.41, 5.74) is 1.28. The van der Waals surface area contributed by atoms with E-state index in [9.17, 15) is 4.79 Å². The molecule has 1 N–H and O–H groups in total. The molecule has 3 aromatic heterocycles. The number of fused-ring (bicyclic) bond motifs is 3. The quantitative estimate of drug-likeness (QED) is 0.739. The molecular weight excluding hydrogens is 350 g/mol. The molecule has 0 saturated heterocycles. The topological polar surface area (TPSA) is 49.0 Å². The van der Waals surface area contributed by atoms with Gasteiger partial charge in [-0.3, -0.25) is 9.69 Å². The number of aryl methyl sites for hydroxylation is 1. The van der Waals surface area contributed by atoms with Crippen molar-refractivity contribution in [3.63, 3.8) is 0 Å². The third-order valence-corrected chi connectivity index (χ3v) is 7.24. The van der Waals surface area contributed by atoms with E-state index in [1.807, 2.05) is 0 Å². The summed E-state index contributed by atoms with van der Waals surface area (Å²) in [5.74, 6) is 1.47. The Morgan fingerprint density at radius 2 is 2.32 bits per heavy atom. The van der Waals surface area contributed by atoms with Crippen molar-refractivity contribution in [2.75, 3.05) is 7.05 Å². The van der Waals surface area contributed by atoms with E-state index in [1.54, 1.807) is 22.7 Å². The second-order valence-electron chi connectivity index (χ2n) is 7.15. The Kier molecular flexibility index (Phi) is 4.52. The van der Waals surface area contributed by atoms with E-state index in [0.29, 0.717) is 5.92 Å². The normalized spacial score (nSPS) is 18.6. The molecule has 132 valence electrons. The van der Waals surface area contributed by atoms with Gasteiger partial charge in [-0.1, -0.05) is 13.0 Å². The Morgan fingerprint density at radius 1 is 1.48 bits per heavy atom. The van der Waals surface area contributed by atoms with Gasteiger partial charge in [0.1, 0.15) is 10.7 Å². The van der Waals surface area contributed by atoms with Gasteiger partial charge in [-0.25, -0.2) is 4.98 Å². The van der Waals surface area contributed by atoms with Crippen LogP contribution in [-0.2, 0) is 19.4 Å². The highest BCUT2D eigenvalue weighted by Gasteiger charge is 2.24. The number of H-pyrrole nitrogens is 1. The number of aromatic nitrogens is 2. The van der Waals surface area contributed by atoms with Crippen molar-refractivity contribution in [1.29, 1.82) is 0 Å². The molecule has 0 unspecified atom stereocenters. The van der Waals surface area contributed by atoms with E-state index in [-0.39, 0.29) is 11.6 Å². The van der Waals surface area contributed by atoms with Crippen LogP contribution in [0.25, 0.3) is 10.2 Å². The summed E-state index contributed by atoms with van der Waals surface area (Å²) in [5, 5.41) is 2.93. The standard InChI is InChI=1S/C19H23N3OS2/c1-11-6-7-14-15(9-11)25-19-16(14)18(23)20-17(21-19)12(2)22(3)10-13-5-4-8-24-13/h4-5,8,11-12H,6-7,9-10H2,1-3H3,(H,20,21,23)/t11-,12-/m0/s1. The van der Waals surface area contributed by atoms with Crippen LogP contribution in [0, 0.1) is 5.92 Å². The van der Waals surface area contributed by atoms with Gasteiger partial charge in [0.15, 0.2) is 0 Å². The Balaban J connectivity index is 1.67. The summed E-state index contributed by atoms with van der Waals surface area (Å²) < 4.78 is 0. The van der Waals surface area contributed by atoms with Gasteiger partial charge in [-0.15, -0.1) is 22.7 Å². The van der Waals surface area contributed by atoms with Gasteiger partial charge < -0.3 is 4.98 Å². The number of hydrogen-bond donors (Lipinski definition) is 1. The van der Waals surface area contributed by atoms with Crippen LogP contribution in [0.2, 0.25) is 0 Å². The maximum atomic E-state index is 12.8. The fourth-order valence-corrected chi connectivity index (χ4v) is 5.72. The van der Waals surface area contributed by atoms with Crippen molar-refractivity contribution in [2.24, 2.45) is 5.92 Å². The van der Waals surface area contributed by atoms with Gasteiger partial charge in [0.25, 0.3) is 5.56 Å². The fourth-order valence-electron chi connectivity index (χ4n) is 3.56. The minimum absolute atomic E-state index is 0.0310. The van der Waals surface area contributed by atoms with Crippen molar-refractivity contribution in [3.05, 3.63) is 49.0 Å². The molecule has 0 aliphatic heterocycles. The highest BCUT2D eigenvalue weighted by Crippen LogP contribution is 2.36. The van der Waals surface area contributed by atoms with Gasteiger partial charge in [-0.05, 0) is 56.2 Å². The van der Waals surface area contributed by atoms with Gasteiger partial charge in [0.2, 0.25) is 0 Å². The lowest BCUT2D eigenvalue weighted by molar-refractivity contribution is 0.246. The van der Waals surface area contributed by atoms with Crippen LogP contribution >= 0.6 is 22.7 Å². The molecule has 0 bridgehead atoms. The summed E-state index contributed by atoms with van der Waals surface area (Å²) in [6.45, 7) is 5.25. The van der Waals surface area contributed by atoms with Crippen molar-refractivity contribution < 1.29 is 0 Å². The first-order valence-electron chi connectivity index (χ1n) is 8.80. The summed E-state index contributed by atoms with van der Waals surface area (Å²) in [6.07, 6.45) is 3.26. The molecule has 25 heavy (non-hydrogen) atoms. The third-order valence-electron chi connectivity index (χ3n) is 5.23.